The maximum absolute atomic E-state index is 12.8. The number of aryl methyl sites for hydroxylation is 2. The van der Waals surface area contributed by atoms with Crippen LogP contribution in [0.2, 0.25) is 0 Å². The molecule has 2 aromatic heterocycles. The minimum atomic E-state index is -0.0240. The molecule has 4 rings (SSSR count). The Kier molecular flexibility index (Phi) is 3.51. The molecule has 2 atom stereocenters. The van der Waals surface area contributed by atoms with Gasteiger partial charge in [-0.2, -0.15) is 15.4 Å². The number of aromatic nitrogens is 3. The Labute approximate surface area is 141 Å². The third-order valence-corrected chi connectivity index (χ3v) is 5.30. The predicted molar refractivity (Wildman–Crippen MR) is 88.3 cm³/mol. The third-order valence-electron chi connectivity index (χ3n) is 5.30. The van der Waals surface area contributed by atoms with Crippen molar-refractivity contribution in [3.8, 4) is 0 Å². The van der Waals surface area contributed by atoms with Gasteiger partial charge in [0.25, 0.3) is 0 Å². The molecule has 0 aliphatic heterocycles. The number of carbonyl (C=O) groups excluding carboxylic acids is 1. The summed E-state index contributed by atoms with van der Waals surface area (Å²) in [5.41, 5.74) is 3.22. The lowest BCUT2D eigenvalue weighted by Gasteiger charge is -2.35. The molecule has 0 bridgehead atoms. The van der Waals surface area contributed by atoms with Gasteiger partial charge in [-0.15, -0.1) is 0 Å². The van der Waals surface area contributed by atoms with Gasteiger partial charge < -0.3 is 9.73 Å². The largest absolute Gasteiger partial charge is 0.466 e. The highest BCUT2D eigenvalue weighted by Gasteiger charge is 2.37. The summed E-state index contributed by atoms with van der Waals surface area (Å²) in [6.07, 6.45) is 4.18. The van der Waals surface area contributed by atoms with E-state index < -0.39 is 0 Å². The van der Waals surface area contributed by atoms with Gasteiger partial charge >= 0.3 is 0 Å². The van der Waals surface area contributed by atoms with Crippen LogP contribution in [0.25, 0.3) is 0 Å². The molecule has 2 aromatic rings. The van der Waals surface area contributed by atoms with Crippen molar-refractivity contribution in [2.45, 2.75) is 58.9 Å². The summed E-state index contributed by atoms with van der Waals surface area (Å²) < 4.78 is 5.86. The highest BCUT2D eigenvalue weighted by Crippen LogP contribution is 2.42. The minimum absolute atomic E-state index is 0.0240. The zero-order valence-electron chi connectivity index (χ0n) is 14.5. The van der Waals surface area contributed by atoms with Crippen LogP contribution in [0.15, 0.2) is 10.5 Å². The van der Waals surface area contributed by atoms with Crippen molar-refractivity contribution < 1.29 is 9.21 Å². The van der Waals surface area contributed by atoms with E-state index in [1.807, 2.05) is 6.92 Å². The second kappa shape index (κ2) is 5.46. The van der Waals surface area contributed by atoms with Crippen molar-refractivity contribution in [2.24, 2.45) is 11.3 Å². The number of nitrogens with one attached hydrogen (secondary N) is 2. The molecule has 0 radical (unpaired) electrons. The monoisotopic (exact) mass is 328 g/mol. The lowest BCUT2D eigenvalue weighted by atomic mass is 9.74. The highest BCUT2D eigenvalue weighted by atomic mass is 16.3. The standard InChI is InChI=1S/C18H24N4O2/c1-10-6-12-15(8-18(2,3)9-16(12)24-10)19-17(23)11-4-5-13-14(7-11)21-22-20-13/h6,11,15H,4-5,7-9H2,1-3H3,(H,19,23)(H,20,21,22)/t11-,15-/m0/s1. The van der Waals surface area contributed by atoms with Gasteiger partial charge in [0.15, 0.2) is 0 Å². The van der Waals surface area contributed by atoms with Crippen molar-refractivity contribution >= 4 is 5.91 Å². The molecule has 0 saturated carbocycles. The molecule has 0 spiro atoms. The van der Waals surface area contributed by atoms with Crippen molar-refractivity contribution in [3.63, 3.8) is 0 Å². The molecule has 2 N–H and O–H groups in total. The van der Waals surface area contributed by atoms with E-state index in [0.29, 0.717) is 6.42 Å². The van der Waals surface area contributed by atoms with E-state index >= 15 is 0 Å². The zero-order valence-corrected chi connectivity index (χ0v) is 14.5. The molecule has 0 unspecified atom stereocenters. The Hall–Kier alpha value is -2.11. The number of carbonyl (C=O) groups is 1. The molecule has 2 aliphatic carbocycles. The van der Waals surface area contributed by atoms with Crippen molar-refractivity contribution in [2.75, 3.05) is 0 Å². The van der Waals surface area contributed by atoms with Gasteiger partial charge in [0.05, 0.1) is 17.4 Å². The summed E-state index contributed by atoms with van der Waals surface area (Å²) in [4.78, 5) is 12.8. The molecule has 1 amide bonds. The zero-order chi connectivity index (χ0) is 16.9. The fourth-order valence-electron chi connectivity index (χ4n) is 4.11. The number of H-pyrrole nitrogens is 1. The van der Waals surface area contributed by atoms with Crippen LogP contribution in [0.1, 0.15) is 61.2 Å². The number of hydrogen-bond donors (Lipinski definition) is 2. The molecule has 0 aromatic carbocycles. The molecule has 6 heteroatoms. The quantitative estimate of drug-likeness (QED) is 0.887. The summed E-state index contributed by atoms with van der Waals surface area (Å²) in [7, 11) is 0. The molecule has 128 valence electrons. The highest BCUT2D eigenvalue weighted by molar-refractivity contribution is 5.79. The second-order valence-electron chi connectivity index (χ2n) is 8.00. The lowest BCUT2D eigenvalue weighted by Crippen LogP contribution is -2.40. The van der Waals surface area contributed by atoms with Crippen LogP contribution < -0.4 is 5.32 Å². The molecule has 2 heterocycles. The molecule has 0 fully saturated rings. The Morgan fingerprint density at radius 2 is 2.17 bits per heavy atom. The summed E-state index contributed by atoms with van der Waals surface area (Å²) in [6, 6.07) is 2.11. The average Bonchev–Trinajstić information content (AvgIpc) is 3.10. The Bertz CT molecular complexity index is 774. The Morgan fingerprint density at radius 1 is 1.38 bits per heavy atom. The first-order valence-corrected chi connectivity index (χ1v) is 8.69. The second-order valence-corrected chi connectivity index (χ2v) is 8.00. The van der Waals surface area contributed by atoms with Crippen molar-refractivity contribution in [1.82, 2.24) is 20.7 Å². The first-order valence-electron chi connectivity index (χ1n) is 8.69. The van der Waals surface area contributed by atoms with E-state index in [1.54, 1.807) is 0 Å². The Morgan fingerprint density at radius 3 is 3.00 bits per heavy atom. The molecule has 6 nitrogen and oxygen atoms in total. The van der Waals surface area contributed by atoms with E-state index in [9.17, 15) is 4.79 Å². The summed E-state index contributed by atoms with van der Waals surface area (Å²) in [6.45, 7) is 6.43. The van der Waals surface area contributed by atoms with E-state index in [1.165, 1.54) is 0 Å². The van der Waals surface area contributed by atoms with Gasteiger partial charge in [-0.1, -0.05) is 13.8 Å². The van der Waals surface area contributed by atoms with E-state index in [-0.39, 0.29) is 23.3 Å². The molecular formula is C18H24N4O2. The fraction of sp³-hybridized carbons (Fsp3) is 0.611. The number of rotatable bonds is 2. The average molecular weight is 328 g/mol. The van der Waals surface area contributed by atoms with Crippen molar-refractivity contribution in [3.05, 3.63) is 34.5 Å². The summed E-state index contributed by atoms with van der Waals surface area (Å²) in [5, 5.41) is 14.2. The topological polar surface area (TPSA) is 83.8 Å². The van der Waals surface area contributed by atoms with E-state index in [0.717, 1.165) is 54.2 Å². The third kappa shape index (κ3) is 2.74. The first kappa shape index (κ1) is 15.4. The van der Waals surface area contributed by atoms with Gasteiger partial charge in [0, 0.05) is 24.3 Å². The number of furan rings is 1. The summed E-state index contributed by atoms with van der Waals surface area (Å²) in [5.74, 6) is 2.04. The molecule has 24 heavy (non-hydrogen) atoms. The predicted octanol–water partition coefficient (Wildman–Crippen LogP) is 2.64. The molecular weight excluding hydrogens is 304 g/mol. The fourth-order valence-corrected chi connectivity index (χ4v) is 4.11. The van der Waals surface area contributed by atoms with Crippen LogP contribution in [0, 0.1) is 18.3 Å². The number of nitrogens with zero attached hydrogens (tertiary/aromatic N) is 2. The van der Waals surface area contributed by atoms with Crippen molar-refractivity contribution in [1.29, 1.82) is 0 Å². The summed E-state index contributed by atoms with van der Waals surface area (Å²) >= 11 is 0. The number of fused-ring (bicyclic) bond motifs is 2. The number of aromatic amines is 1. The number of hydrogen-bond acceptors (Lipinski definition) is 4. The van der Waals surface area contributed by atoms with Gasteiger partial charge in [0.2, 0.25) is 5.91 Å². The maximum atomic E-state index is 12.8. The molecule has 2 aliphatic rings. The number of amides is 1. The van der Waals surface area contributed by atoms with Gasteiger partial charge in [-0.3, -0.25) is 4.79 Å². The van der Waals surface area contributed by atoms with E-state index in [4.69, 9.17) is 4.42 Å². The lowest BCUT2D eigenvalue weighted by molar-refractivity contribution is -0.126. The Balaban J connectivity index is 1.51. The van der Waals surface area contributed by atoms with Gasteiger partial charge in [-0.25, -0.2) is 0 Å². The van der Waals surface area contributed by atoms with Crippen LogP contribution >= 0.6 is 0 Å². The van der Waals surface area contributed by atoms with Crippen LogP contribution in [-0.4, -0.2) is 21.3 Å². The minimum Gasteiger partial charge on any atom is -0.466 e. The molecule has 0 saturated heterocycles. The van der Waals surface area contributed by atoms with Gasteiger partial charge in [-0.05, 0) is 37.7 Å². The van der Waals surface area contributed by atoms with Gasteiger partial charge in [0.1, 0.15) is 11.5 Å². The normalized spacial score (nSPS) is 25.0. The van der Waals surface area contributed by atoms with Crippen LogP contribution in [0.4, 0.5) is 0 Å². The van der Waals surface area contributed by atoms with E-state index in [2.05, 4.69) is 40.6 Å². The smallest absolute Gasteiger partial charge is 0.224 e. The van der Waals surface area contributed by atoms with Crippen LogP contribution in [-0.2, 0) is 24.1 Å². The maximum Gasteiger partial charge on any atom is 0.224 e. The van der Waals surface area contributed by atoms with Crippen LogP contribution in [0.5, 0.6) is 0 Å². The SMILES string of the molecule is Cc1cc2c(o1)CC(C)(C)C[C@@H]2NC(=O)[C@H]1CCc2n[nH]nc2C1. The van der Waals surface area contributed by atoms with Crippen LogP contribution in [0.3, 0.4) is 0 Å². The first-order chi connectivity index (χ1) is 11.4.